The van der Waals surface area contributed by atoms with Gasteiger partial charge in [-0.3, -0.25) is 4.79 Å². The summed E-state index contributed by atoms with van der Waals surface area (Å²) in [6, 6.07) is 17.4. The van der Waals surface area contributed by atoms with Gasteiger partial charge in [-0.05, 0) is 37.6 Å². The standard InChI is InChI=1S/C25H26N4O3/c1-16(2)29-24-20(15-27-29)19(13-21(28-24)18-8-6-5-7-9-18)25(30)26-14-17-10-11-22(31-3)23(12-17)32-4/h5-13,15-16H,14H2,1-4H3,(H,26,30). The van der Waals surface area contributed by atoms with E-state index in [1.807, 2.05) is 73.1 Å². The first-order valence-electron chi connectivity index (χ1n) is 10.4. The van der Waals surface area contributed by atoms with E-state index in [0.717, 1.165) is 22.2 Å². The maximum absolute atomic E-state index is 13.2. The highest BCUT2D eigenvalue weighted by atomic mass is 16.5. The van der Waals surface area contributed by atoms with Crippen molar-refractivity contribution in [2.75, 3.05) is 14.2 Å². The first-order chi connectivity index (χ1) is 15.5. The van der Waals surface area contributed by atoms with Crippen LogP contribution in [0.15, 0.2) is 60.8 Å². The molecule has 7 nitrogen and oxygen atoms in total. The SMILES string of the molecule is COc1ccc(CNC(=O)c2cc(-c3ccccc3)nc3c2cnn3C(C)C)cc1OC. The molecule has 0 spiro atoms. The lowest BCUT2D eigenvalue weighted by molar-refractivity contribution is 0.0952. The summed E-state index contributed by atoms with van der Waals surface area (Å²) in [5.41, 5.74) is 3.82. The molecule has 4 aromatic rings. The summed E-state index contributed by atoms with van der Waals surface area (Å²) in [4.78, 5) is 18.1. The first-order valence-corrected chi connectivity index (χ1v) is 10.4. The second kappa shape index (κ2) is 9.09. The number of hydrogen-bond donors (Lipinski definition) is 1. The molecule has 164 valence electrons. The van der Waals surface area contributed by atoms with Crippen LogP contribution in [0.3, 0.4) is 0 Å². The van der Waals surface area contributed by atoms with Gasteiger partial charge in [-0.1, -0.05) is 36.4 Å². The largest absolute Gasteiger partial charge is 0.493 e. The Labute approximate surface area is 187 Å². The van der Waals surface area contributed by atoms with Crippen molar-refractivity contribution in [3.8, 4) is 22.8 Å². The highest BCUT2D eigenvalue weighted by molar-refractivity contribution is 6.06. The zero-order chi connectivity index (χ0) is 22.7. The highest BCUT2D eigenvalue weighted by Gasteiger charge is 2.18. The normalized spacial score (nSPS) is 11.0. The topological polar surface area (TPSA) is 78.3 Å². The van der Waals surface area contributed by atoms with Crippen LogP contribution in [-0.4, -0.2) is 34.9 Å². The molecule has 7 heteroatoms. The van der Waals surface area contributed by atoms with Gasteiger partial charge in [-0.2, -0.15) is 5.10 Å². The van der Waals surface area contributed by atoms with Crippen LogP contribution in [0.2, 0.25) is 0 Å². The van der Waals surface area contributed by atoms with E-state index < -0.39 is 0 Å². The number of carbonyl (C=O) groups is 1. The van der Waals surface area contributed by atoms with Crippen LogP contribution in [-0.2, 0) is 6.54 Å². The molecule has 0 aliphatic rings. The molecule has 1 amide bonds. The predicted molar refractivity (Wildman–Crippen MR) is 124 cm³/mol. The number of pyridine rings is 1. The maximum Gasteiger partial charge on any atom is 0.252 e. The summed E-state index contributed by atoms with van der Waals surface area (Å²) in [6.45, 7) is 4.43. The number of fused-ring (bicyclic) bond motifs is 1. The average Bonchev–Trinajstić information content (AvgIpc) is 3.26. The summed E-state index contributed by atoms with van der Waals surface area (Å²) in [7, 11) is 3.18. The lowest BCUT2D eigenvalue weighted by Gasteiger charge is -2.12. The predicted octanol–water partition coefficient (Wildman–Crippen LogP) is 4.63. The van der Waals surface area contributed by atoms with Gasteiger partial charge >= 0.3 is 0 Å². The van der Waals surface area contributed by atoms with Crippen molar-refractivity contribution in [1.82, 2.24) is 20.1 Å². The molecule has 0 unspecified atom stereocenters. The molecule has 2 aromatic carbocycles. The van der Waals surface area contributed by atoms with Crippen LogP contribution >= 0.6 is 0 Å². The molecule has 2 aromatic heterocycles. The van der Waals surface area contributed by atoms with E-state index in [2.05, 4.69) is 10.4 Å². The molecule has 4 rings (SSSR count). The molecule has 0 saturated heterocycles. The Morgan fingerprint density at radius 3 is 2.47 bits per heavy atom. The molecular formula is C25H26N4O3. The number of methoxy groups -OCH3 is 2. The van der Waals surface area contributed by atoms with E-state index in [9.17, 15) is 4.79 Å². The number of rotatable bonds is 7. The van der Waals surface area contributed by atoms with Gasteiger partial charge in [0.15, 0.2) is 17.1 Å². The summed E-state index contributed by atoms with van der Waals surface area (Å²) >= 11 is 0. The summed E-state index contributed by atoms with van der Waals surface area (Å²) < 4.78 is 12.5. The number of nitrogens with zero attached hydrogens (tertiary/aromatic N) is 3. The fraction of sp³-hybridized carbons (Fsp3) is 0.240. The number of aromatic nitrogens is 3. The van der Waals surface area contributed by atoms with Gasteiger partial charge in [0.1, 0.15) is 0 Å². The second-order valence-corrected chi connectivity index (χ2v) is 7.71. The van der Waals surface area contributed by atoms with Crippen LogP contribution in [0.1, 0.15) is 35.8 Å². The third-order valence-corrected chi connectivity index (χ3v) is 5.27. The molecule has 0 fully saturated rings. The van der Waals surface area contributed by atoms with E-state index in [1.165, 1.54) is 0 Å². The lowest BCUT2D eigenvalue weighted by atomic mass is 10.1. The van der Waals surface area contributed by atoms with E-state index >= 15 is 0 Å². The zero-order valence-electron chi connectivity index (χ0n) is 18.6. The molecular weight excluding hydrogens is 404 g/mol. The summed E-state index contributed by atoms with van der Waals surface area (Å²) in [6.07, 6.45) is 1.71. The molecule has 0 atom stereocenters. The zero-order valence-corrected chi connectivity index (χ0v) is 18.6. The van der Waals surface area contributed by atoms with Crippen LogP contribution in [0.25, 0.3) is 22.3 Å². The van der Waals surface area contributed by atoms with Gasteiger partial charge in [-0.25, -0.2) is 9.67 Å². The van der Waals surface area contributed by atoms with Crippen LogP contribution in [0.5, 0.6) is 11.5 Å². The van der Waals surface area contributed by atoms with Crippen molar-refractivity contribution >= 4 is 16.9 Å². The van der Waals surface area contributed by atoms with Crippen molar-refractivity contribution in [2.45, 2.75) is 26.4 Å². The lowest BCUT2D eigenvalue weighted by Crippen LogP contribution is -2.23. The number of carbonyl (C=O) groups excluding carboxylic acids is 1. The molecule has 0 bridgehead atoms. The quantitative estimate of drug-likeness (QED) is 0.463. The Balaban J connectivity index is 1.69. The Morgan fingerprint density at radius 2 is 1.78 bits per heavy atom. The fourth-order valence-corrected chi connectivity index (χ4v) is 3.61. The van der Waals surface area contributed by atoms with Gasteiger partial charge < -0.3 is 14.8 Å². The second-order valence-electron chi connectivity index (χ2n) is 7.71. The molecule has 0 saturated carbocycles. The van der Waals surface area contributed by atoms with Crippen LogP contribution < -0.4 is 14.8 Å². The molecule has 0 aliphatic carbocycles. The van der Waals surface area contributed by atoms with E-state index in [0.29, 0.717) is 29.3 Å². The Morgan fingerprint density at radius 1 is 1.03 bits per heavy atom. The monoisotopic (exact) mass is 430 g/mol. The molecule has 0 aliphatic heterocycles. The number of hydrogen-bond acceptors (Lipinski definition) is 5. The van der Waals surface area contributed by atoms with Crippen molar-refractivity contribution in [2.24, 2.45) is 0 Å². The van der Waals surface area contributed by atoms with Crippen molar-refractivity contribution in [1.29, 1.82) is 0 Å². The number of nitrogens with one attached hydrogen (secondary N) is 1. The van der Waals surface area contributed by atoms with Gasteiger partial charge in [0.25, 0.3) is 5.91 Å². The first kappa shape index (κ1) is 21.4. The third kappa shape index (κ3) is 4.14. The molecule has 1 N–H and O–H groups in total. The summed E-state index contributed by atoms with van der Waals surface area (Å²) in [5.74, 6) is 1.08. The summed E-state index contributed by atoms with van der Waals surface area (Å²) in [5, 5.41) is 8.21. The van der Waals surface area contributed by atoms with E-state index in [1.54, 1.807) is 20.4 Å². The minimum atomic E-state index is -0.187. The Bertz CT molecular complexity index is 1250. The highest BCUT2D eigenvalue weighted by Crippen LogP contribution is 2.28. The van der Waals surface area contributed by atoms with Crippen LogP contribution in [0.4, 0.5) is 0 Å². The van der Waals surface area contributed by atoms with Crippen molar-refractivity contribution < 1.29 is 14.3 Å². The van der Waals surface area contributed by atoms with Gasteiger partial charge in [0, 0.05) is 18.2 Å². The van der Waals surface area contributed by atoms with Gasteiger partial charge in [0.05, 0.1) is 37.1 Å². The minimum Gasteiger partial charge on any atom is -0.493 e. The van der Waals surface area contributed by atoms with Crippen molar-refractivity contribution in [3.63, 3.8) is 0 Å². The average molecular weight is 431 g/mol. The molecule has 32 heavy (non-hydrogen) atoms. The molecule has 0 radical (unpaired) electrons. The Hall–Kier alpha value is -3.87. The Kier molecular flexibility index (Phi) is 6.07. The number of benzene rings is 2. The number of ether oxygens (including phenoxy) is 2. The van der Waals surface area contributed by atoms with Crippen molar-refractivity contribution in [3.05, 3.63) is 71.9 Å². The van der Waals surface area contributed by atoms with E-state index in [-0.39, 0.29) is 11.9 Å². The van der Waals surface area contributed by atoms with Crippen LogP contribution in [0, 0.1) is 0 Å². The fourth-order valence-electron chi connectivity index (χ4n) is 3.61. The van der Waals surface area contributed by atoms with Gasteiger partial charge in [-0.15, -0.1) is 0 Å². The van der Waals surface area contributed by atoms with Gasteiger partial charge in [0.2, 0.25) is 0 Å². The molecule has 2 heterocycles. The number of amides is 1. The third-order valence-electron chi connectivity index (χ3n) is 5.27. The smallest absolute Gasteiger partial charge is 0.252 e. The minimum absolute atomic E-state index is 0.119. The van der Waals surface area contributed by atoms with E-state index in [4.69, 9.17) is 14.5 Å². The maximum atomic E-state index is 13.2.